The SMILES string of the molecule is CC1CCC(C)(C)C(C)CNC1. The lowest BCUT2D eigenvalue weighted by Crippen LogP contribution is -2.37. The van der Waals surface area contributed by atoms with E-state index in [2.05, 4.69) is 33.0 Å². The summed E-state index contributed by atoms with van der Waals surface area (Å²) in [6.07, 6.45) is 2.77. The molecule has 0 bridgehead atoms. The van der Waals surface area contributed by atoms with E-state index in [9.17, 15) is 0 Å². The molecule has 0 saturated carbocycles. The van der Waals surface area contributed by atoms with Gasteiger partial charge in [0, 0.05) is 0 Å². The van der Waals surface area contributed by atoms with Crippen LogP contribution in [0.3, 0.4) is 0 Å². The van der Waals surface area contributed by atoms with Crippen molar-refractivity contribution < 1.29 is 0 Å². The lowest BCUT2D eigenvalue weighted by Gasteiger charge is -2.35. The first-order chi connectivity index (χ1) is 5.52. The summed E-state index contributed by atoms with van der Waals surface area (Å²) in [5.74, 6) is 1.67. The molecule has 0 spiro atoms. The quantitative estimate of drug-likeness (QED) is 0.588. The minimum absolute atomic E-state index is 0.529. The van der Waals surface area contributed by atoms with Gasteiger partial charge < -0.3 is 5.32 Å². The van der Waals surface area contributed by atoms with Crippen LogP contribution in [0.4, 0.5) is 0 Å². The van der Waals surface area contributed by atoms with Crippen molar-refractivity contribution in [1.29, 1.82) is 0 Å². The maximum Gasteiger partial charge on any atom is -0.00179 e. The largest absolute Gasteiger partial charge is 0.316 e. The van der Waals surface area contributed by atoms with Crippen molar-refractivity contribution in [1.82, 2.24) is 5.32 Å². The van der Waals surface area contributed by atoms with E-state index < -0.39 is 0 Å². The number of nitrogens with one attached hydrogen (secondary N) is 1. The first kappa shape index (κ1) is 10.0. The van der Waals surface area contributed by atoms with Crippen molar-refractivity contribution in [3.63, 3.8) is 0 Å². The Kier molecular flexibility index (Phi) is 3.16. The van der Waals surface area contributed by atoms with Crippen LogP contribution in [0.5, 0.6) is 0 Å². The highest BCUT2D eigenvalue weighted by Gasteiger charge is 2.27. The van der Waals surface area contributed by atoms with Crippen molar-refractivity contribution in [3.05, 3.63) is 0 Å². The minimum Gasteiger partial charge on any atom is -0.316 e. The van der Waals surface area contributed by atoms with E-state index in [0.29, 0.717) is 5.41 Å². The van der Waals surface area contributed by atoms with Gasteiger partial charge in [-0.05, 0) is 43.2 Å². The molecule has 2 atom stereocenters. The molecule has 1 heteroatoms. The van der Waals surface area contributed by atoms with Gasteiger partial charge in [-0.3, -0.25) is 0 Å². The Bertz CT molecular complexity index is 140. The zero-order valence-corrected chi connectivity index (χ0v) is 8.98. The fourth-order valence-corrected chi connectivity index (χ4v) is 1.79. The molecule has 1 fully saturated rings. The molecule has 0 aromatic rings. The highest BCUT2D eigenvalue weighted by molar-refractivity contribution is 4.80. The van der Waals surface area contributed by atoms with E-state index in [0.717, 1.165) is 11.8 Å². The average molecular weight is 169 g/mol. The summed E-state index contributed by atoms with van der Waals surface area (Å²) in [5.41, 5.74) is 0.529. The Morgan fingerprint density at radius 3 is 2.50 bits per heavy atom. The zero-order valence-electron chi connectivity index (χ0n) is 8.98. The summed E-state index contributed by atoms with van der Waals surface area (Å²) in [4.78, 5) is 0. The molecule has 1 nitrogen and oxygen atoms in total. The summed E-state index contributed by atoms with van der Waals surface area (Å²) in [5, 5.41) is 3.54. The van der Waals surface area contributed by atoms with Gasteiger partial charge in [-0.1, -0.05) is 27.7 Å². The first-order valence-corrected chi connectivity index (χ1v) is 5.23. The maximum absolute atomic E-state index is 3.54. The third-order valence-corrected chi connectivity index (χ3v) is 3.56. The van der Waals surface area contributed by atoms with E-state index in [1.807, 2.05) is 0 Å². The summed E-state index contributed by atoms with van der Waals surface area (Å²) in [6, 6.07) is 0. The molecule has 1 heterocycles. The molecule has 1 N–H and O–H groups in total. The molecular weight excluding hydrogens is 146 g/mol. The van der Waals surface area contributed by atoms with E-state index in [-0.39, 0.29) is 0 Å². The fourth-order valence-electron chi connectivity index (χ4n) is 1.79. The molecule has 72 valence electrons. The highest BCUT2D eigenvalue weighted by atomic mass is 14.9. The molecular formula is C11H23N. The summed E-state index contributed by atoms with van der Waals surface area (Å²) in [7, 11) is 0. The predicted octanol–water partition coefficient (Wildman–Crippen LogP) is 2.67. The molecule has 12 heavy (non-hydrogen) atoms. The van der Waals surface area contributed by atoms with E-state index in [1.54, 1.807) is 0 Å². The van der Waals surface area contributed by atoms with Gasteiger partial charge in [0.2, 0.25) is 0 Å². The number of rotatable bonds is 0. The monoisotopic (exact) mass is 169 g/mol. The van der Waals surface area contributed by atoms with Gasteiger partial charge in [-0.25, -0.2) is 0 Å². The van der Waals surface area contributed by atoms with Crippen LogP contribution < -0.4 is 5.32 Å². The van der Waals surface area contributed by atoms with Gasteiger partial charge in [-0.2, -0.15) is 0 Å². The second kappa shape index (κ2) is 3.78. The van der Waals surface area contributed by atoms with Crippen LogP contribution in [0.15, 0.2) is 0 Å². The van der Waals surface area contributed by atoms with E-state index in [1.165, 1.54) is 25.9 Å². The Balaban J connectivity index is 2.52. The maximum atomic E-state index is 3.54. The van der Waals surface area contributed by atoms with Crippen LogP contribution in [0.1, 0.15) is 40.5 Å². The zero-order chi connectivity index (χ0) is 9.19. The van der Waals surface area contributed by atoms with Crippen LogP contribution in [0, 0.1) is 17.3 Å². The standard InChI is InChI=1S/C11H23N/c1-9-5-6-11(3,4)10(2)8-12-7-9/h9-10,12H,5-8H2,1-4H3. The van der Waals surface area contributed by atoms with Crippen molar-refractivity contribution in [2.45, 2.75) is 40.5 Å². The molecule has 0 amide bonds. The van der Waals surface area contributed by atoms with Gasteiger partial charge in [-0.15, -0.1) is 0 Å². The Morgan fingerprint density at radius 1 is 1.17 bits per heavy atom. The van der Waals surface area contributed by atoms with Crippen molar-refractivity contribution in [3.8, 4) is 0 Å². The lowest BCUT2D eigenvalue weighted by atomic mass is 9.74. The molecule has 0 aliphatic carbocycles. The van der Waals surface area contributed by atoms with Gasteiger partial charge in [0.05, 0.1) is 0 Å². The first-order valence-electron chi connectivity index (χ1n) is 5.23. The second-order valence-electron chi connectivity index (χ2n) is 5.19. The van der Waals surface area contributed by atoms with Gasteiger partial charge >= 0.3 is 0 Å². The smallest absolute Gasteiger partial charge is 0.00179 e. The van der Waals surface area contributed by atoms with E-state index in [4.69, 9.17) is 0 Å². The van der Waals surface area contributed by atoms with E-state index >= 15 is 0 Å². The molecule has 1 aliphatic rings. The fraction of sp³-hybridized carbons (Fsp3) is 1.00. The number of hydrogen-bond acceptors (Lipinski definition) is 1. The summed E-state index contributed by atoms with van der Waals surface area (Å²) in [6.45, 7) is 11.9. The van der Waals surface area contributed by atoms with Crippen LogP contribution in [-0.2, 0) is 0 Å². The molecule has 0 aromatic carbocycles. The topological polar surface area (TPSA) is 12.0 Å². The predicted molar refractivity (Wildman–Crippen MR) is 54.2 cm³/mol. The Hall–Kier alpha value is -0.0400. The minimum atomic E-state index is 0.529. The highest BCUT2D eigenvalue weighted by Crippen LogP contribution is 2.33. The van der Waals surface area contributed by atoms with Crippen molar-refractivity contribution in [2.24, 2.45) is 17.3 Å². The molecule has 1 aliphatic heterocycles. The molecule has 1 saturated heterocycles. The van der Waals surface area contributed by atoms with Crippen LogP contribution in [0.25, 0.3) is 0 Å². The lowest BCUT2D eigenvalue weighted by molar-refractivity contribution is 0.171. The molecule has 1 rings (SSSR count). The van der Waals surface area contributed by atoms with Crippen molar-refractivity contribution >= 4 is 0 Å². The van der Waals surface area contributed by atoms with Gasteiger partial charge in [0.1, 0.15) is 0 Å². The van der Waals surface area contributed by atoms with Crippen molar-refractivity contribution in [2.75, 3.05) is 13.1 Å². The molecule has 0 radical (unpaired) electrons. The second-order valence-corrected chi connectivity index (χ2v) is 5.19. The van der Waals surface area contributed by atoms with Crippen LogP contribution in [0.2, 0.25) is 0 Å². The van der Waals surface area contributed by atoms with Crippen LogP contribution >= 0.6 is 0 Å². The van der Waals surface area contributed by atoms with Gasteiger partial charge in [0.25, 0.3) is 0 Å². The summed E-state index contributed by atoms with van der Waals surface area (Å²) >= 11 is 0. The number of hydrogen-bond donors (Lipinski definition) is 1. The summed E-state index contributed by atoms with van der Waals surface area (Å²) < 4.78 is 0. The Labute approximate surface area is 76.9 Å². The van der Waals surface area contributed by atoms with Gasteiger partial charge in [0.15, 0.2) is 0 Å². The third-order valence-electron chi connectivity index (χ3n) is 3.56. The molecule has 2 unspecified atom stereocenters. The normalized spacial score (nSPS) is 37.0. The Morgan fingerprint density at radius 2 is 1.83 bits per heavy atom. The average Bonchev–Trinajstić information content (AvgIpc) is 1.99. The third kappa shape index (κ3) is 2.48. The van der Waals surface area contributed by atoms with Crippen LogP contribution in [-0.4, -0.2) is 13.1 Å². The molecule has 0 aromatic heterocycles.